The van der Waals surface area contributed by atoms with Crippen molar-refractivity contribution < 1.29 is 0 Å². The summed E-state index contributed by atoms with van der Waals surface area (Å²) in [6.45, 7) is 1.87. The van der Waals surface area contributed by atoms with Gasteiger partial charge in [-0.2, -0.15) is 10.2 Å². The van der Waals surface area contributed by atoms with Crippen LogP contribution in [-0.4, -0.2) is 15.2 Å². The van der Waals surface area contributed by atoms with E-state index in [1.165, 1.54) is 11.3 Å². The van der Waals surface area contributed by atoms with Crippen LogP contribution in [0, 0.1) is 6.92 Å². The van der Waals surface area contributed by atoms with E-state index < -0.39 is 0 Å². The molecule has 66 valence electrons. The van der Waals surface area contributed by atoms with E-state index in [-0.39, 0.29) is 4.87 Å². The van der Waals surface area contributed by atoms with Gasteiger partial charge in [-0.05, 0) is 13.0 Å². The number of rotatable bonds is 1. The number of aromatic amines is 1. The van der Waals surface area contributed by atoms with Gasteiger partial charge in [-0.3, -0.25) is 4.79 Å². The number of aromatic nitrogens is 3. The van der Waals surface area contributed by atoms with E-state index in [0.29, 0.717) is 0 Å². The van der Waals surface area contributed by atoms with Crippen molar-refractivity contribution in [1.82, 2.24) is 15.2 Å². The fraction of sp³-hybridized carbons (Fsp3) is 0.125. The third-order valence-corrected chi connectivity index (χ3v) is 2.70. The van der Waals surface area contributed by atoms with Crippen molar-refractivity contribution in [2.75, 3.05) is 0 Å². The molecular weight excluding hydrogens is 186 g/mol. The second-order valence-electron chi connectivity index (χ2n) is 2.60. The van der Waals surface area contributed by atoms with E-state index in [0.717, 1.165) is 16.1 Å². The van der Waals surface area contributed by atoms with Crippen molar-refractivity contribution in [2.45, 2.75) is 6.92 Å². The first-order valence-electron chi connectivity index (χ1n) is 3.74. The van der Waals surface area contributed by atoms with Gasteiger partial charge in [0.1, 0.15) is 0 Å². The van der Waals surface area contributed by atoms with Gasteiger partial charge in [-0.15, -0.1) is 0 Å². The standard InChI is InChI=1S/C8H7N3OS/c1-5-7(13-8(12)11-5)6-2-3-9-10-4-6/h2-4H,1H3,(H,11,12). The summed E-state index contributed by atoms with van der Waals surface area (Å²) in [7, 11) is 0. The zero-order valence-electron chi connectivity index (χ0n) is 6.94. The molecule has 0 aromatic carbocycles. The molecule has 2 aromatic rings. The highest BCUT2D eigenvalue weighted by Crippen LogP contribution is 2.22. The molecule has 2 aromatic heterocycles. The molecule has 0 saturated heterocycles. The lowest BCUT2D eigenvalue weighted by Gasteiger charge is -1.94. The lowest BCUT2D eigenvalue weighted by Crippen LogP contribution is -1.91. The highest BCUT2D eigenvalue weighted by molar-refractivity contribution is 7.13. The molecule has 0 aliphatic rings. The maximum absolute atomic E-state index is 11.0. The smallest absolute Gasteiger partial charge is 0.305 e. The van der Waals surface area contributed by atoms with Crippen LogP contribution >= 0.6 is 11.3 Å². The van der Waals surface area contributed by atoms with E-state index in [2.05, 4.69) is 15.2 Å². The van der Waals surface area contributed by atoms with Gasteiger partial charge in [0.2, 0.25) is 0 Å². The van der Waals surface area contributed by atoms with Gasteiger partial charge in [0, 0.05) is 11.3 Å². The Balaban J connectivity index is 2.59. The van der Waals surface area contributed by atoms with Gasteiger partial charge in [-0.25, -0.2) is 0 Å². The summed E-state index contributed by atoms with van der Waals surface area (Å²) in [6.07, 6.45) is 3.26. The van der Waals surface area contributed by atoms with Crippen molar-refractivity contribution in [3.05, 3.63) is 33.8 Å². The summed E-state index contributed by atoms with van der Waals surface area (Å²) >= 11 is 1.19. The molecule has 13 heavy (non-hydrogen) atoms. The molecule has 2 heterocycles. The molecule has 0 aliphatic carbocycles. The Morgan fingerprint density at radius 3 is 2.85 bits per heavy atom. The molecule has 0 atom stereocenters. The summed E-state index contributed by atoms with van der Waals surface area (Å²) in [4.78, 5) is 14.6. The molecule has 0 spiro atoms. The molecule has 0 saturated carbocycles. The number of nitrogens with one attached hydrogen (secondary N) is 1. The molecule has 1 N–H and O–H groups in total. The Morgan fingerprint density at radius 1 is 1.46 bits per heavy atom. The summed E-state index contributed by atoms with van der Waals surface area (Å²) in [6, 6.07) is 1.83. The third-order valence-electron chi connectivity index (χ3n) is 1.67. The van der Waals surface area contributed by atoms with Crippen LogP contribution in [0.1, 0.15) is 5.69 Å². The largest absolute Gasteiger partial charge is 0.316 e. The van der Waals surface area contributed by atoms with Crippen LogP contribution in [0.15, 0.2) is 23.3 Å². The second kappa shape index (κ2) is 3.10. The molecule has 2 rings (SSSR count). The first-order valence-corrected chi connectivity index (χ1v) is 4.56. The van der Waals surface area contributed by atoms with Crippen molar-refractivity contribution in [3.8, 4) is 10.4 Å². The van der Waals surface area contributed by atoms with Crippen LogP contribution < -0.4 is 4.87 Å². The quantitative estimate of drug-likeness (QED) is 0.740. The number of hydrogen-bond acceptors (Lipinski definition) is 4. The number of nitrogens with zero attached hydrogens (tertiary/aromatic N) is 2. The minimum atomic E-state index is -0.0377. The monoisotopic (exact) mass is 193 g/mol. The normalized spacial score (nSPS) is 10.2. The molecule has 0 aliphatic heterocycles. The molecule has 5 heteroatoms. The van der Waals surface area contributed by atoms with Crippen molar-refractivity contribution >= 4 is 11.3 Å². The number of aryl methyl sites for hydroxylation is 1. The molecule has 0 amide bonds. The van der Waals surface area contributed by atoms with Crippen LogP contribution in [0.5, 0.6) is 0 Å². The first kappa shape index (κ1) is 8.12. The van der Waals surface area contributed by atoms with Crippen LogP contribution in [0.2, 0.25) is 0 Å². The summed E-state index contributed by atoms with van der Waals surface area (Å²) in [5.74, 6) is 0. The lowest BCUT2D eigenvalue weighted by molar-refractivity contribution is 1.03. The fourth-order valence-corrected chi connectivity index (χ4v) is 1.94. The molecule has 0 radical (unpaired) electrons. The average molecular weight is 193 g/mol. The zero-order valence-corrected chi connectivity index (χ0v) is 7.76. The Kier molecular flexibility index (Phi) is 1.94. The van der Waals surface area contributed by atoms with Gasteiger partial charge in [0.05, 0.1) is 17.3 Å². The predicted molar refractivity (Wildman–Crippen MR) is 50.7 cm³/mol. The van der Waals surface area contributed by atoms with E-state index in [9.17, 15) is 4.79 Å². The van der Waals surface area contributed by atoms with Crippen LogP contribution in [0.3, 0.4) is 0 Å². The maximum Gasteiger partial charge on any atom is 0.305 e. The highest BCUT2D eigenvalue weighted by atomic mass is 32.1. The number of H-pyrrole nitrogens is 1. The Labute approximate surface area is 78.3 Å². The molecule has 0 fully saturated rings. The van der Waals surface area contributed by atoms with Crippen LogP contribution in [0.25, 0.3) is 10.4 Å². The van der Waals surface area contributed by atoms with E-state index in [1.54, 1.807) is 12.4 Å². The van der Waals surface area contributed by atoms with Crippen molar-refractivity contribution in [1.29, 1.82) is 0 Å². The van der Waals surface area contributed by atoms with Crippen molar-refractivity contribution in [2.24, 2.45) is 0 Å². The highest BCUT2D eigenvalue weighted by Gasteiger charge is 2.05. The zero-order chi connectivity index (χ0) is 9.26. The average Bonchev–Trinajstić information content (AvgIpc) is 2.47. The SMILES string of the molecule is Cc1[nH]c(=O)sc1-c1ccnnc1. The third kappa shape index (κ3) is 1.50. The summed E-state index contributed by atoms with van der Waals surface area (Å²) in [5, 5.41) is 7.43. The minimum absolute atomic E-state index is 0.0377. The molecule has 0 unspecified atom stereocenters. The first-order chi connectivity index (χ1) is 6.27. The van der Waals surface area contributed by atoms with Gasteiger partial charge < -0.3 is 4.98 Å². The second-order valence-corrected chi connectivity index (χ2v) is 3.58. The predicted octanol–water partition coefficient (Wildman–Crippen LogP) is 1.20. The number of hydrogen-bond donors (Lipinski definition) is 1. The Hall–Kier alpha value is -1.49. The Morgan fingerprint density at radius 2 is 2.31 bits per heavy atom. The van der Waals surface area contributed by atoms with E-state index in [1.807, 2.05) is 13.0 Å². The van der Waals surface area contributed by atoms with E-state index >= 15 is 0 Å². The molecule has 0 bridgehead atoms. The topological polar surface area (TPSA) is 58.6 Å². The van der Waals surface area contributed by atoms with Gasteiger partial charge in [0.25, 0.3) is 0 Å². The fourth-order valence-electron chi connectivity index (χ4n) is 1.11. The molecule has 4 nitrogen and oxygen atoms in total. The minimum Gasteiger partial charge on any atom is -0.316 e. The van der Waals surface area contributed by atoms with Crippen molar-refractivity contribution in [3.63, 3.8) is 0 Å². The van der Waals surface area contributed by atoms with E-state index in [4.69, 9.17) is 0 Å². The van der Waals surface area contributed by atoms with Crippen LogP contribution in [-0.2, 0) is 0 Å². The number of thiazole rings is 1. The van der Waals surface area contributed by atoms with Gasteiger partial charge >= 0.3 is 4.87 Å². The van der Waals surface area contributed by atoms with Gasteiger partial charge in [-0.1, -0.05) is 11.3 Å². The van der Waals surface area contributed by atoms with Gasteiger partial charge in [0.15, 0.2) is 0 Å². The van der Waals surface area contributed by atoms with Crippen LogP contribution in [0.4, 0.5) is 0 Å². The lowest BCUT2D eigenvalue weighted by atomic mass is 10.2. The summed E-state index contributed by atoms with van der Waals surface area (Å²) < 4.78 is 0. The molecular formula is C8H7N3OS. The summed E-state index contributed by atoms with van der Waals surface area (Å²) in [5.41, 5.74) is 1.80. The Bertz CT molecular complexity index is 460. The maximum atomic E-state index is 11.0.